The Morgan fingerprint density at radius 2 is 1.55 bits per heavy atom. The van der Waals surface area contributed by atoms with E-state index in [-0.39, 0.29) is 12.0 Å². The lowest BCUT2D eigenvalue weighted by Gasteiger charge is -2.12. The van der Waals surface area contributed by atoms with Gasteiger partial charge < -0.3 is 14.8 Å². The molecule has 2 aromatic carbocycles. The zero-order valence-corrected chi connectivity index (χ0v) is 16.1. The second kappa shape index (κ2) is 9.70. The highest BCUT2D eigenvalue weighted by Crippen LogP contribution is 2.16. The summed E-state index contributed by atoms with van der Waals surface area (Å²) in [5.74, 6) is -0.457. The predicted molar refractivity (Wildman–Crippen MR) is 107 cm³/mol. The van der Waals surface area contributed by atoms with E-state index >= 15 is 0 Å². The molecule has 1 fully saturated rings. The lowest BCUT2D eigenvalue weighted by molar-refractivity contribution is -0.114. The van der Waals surface area contributed by atoms with Crippen LogP contribution in [0.15, 0.2) is 48.5 Å². The summed E-state index contributed by atoms with van der Waals surface area (Å²) in [5, 5.41) is 2.61. The predicted octanol–water partition coefficient (Wildman–Crippen LogP) is 2.28. The summed E-state index contributed by atoms with van der Waals surface area (Å²) in [7, 11) is 0. The van der Waals surface area contributed by atoms with E-state index < -0.39 is 11.8 Å². The van der Waals surface area contributed by atoms with Gasteiger partial charge in [0.15, 0.2) is 0 Å². The van der Waals surface area contributed by atoms with Crippen molar-refractivity contribution in [2.75, 3.05) is 18.5 Å². The van der Waals surface area contributed by atoms with Gasteiger partial charge in [0.05, 0.1) is 6.10 Å². The van der Waals surface area contributed by atoms with E-state index in [2.05, 4.69) is 16.2 Å². The van der Waals surface area contributed by atoms with Crippen molar-refractivity contribution in [3.8, 4) is 5.75 Å². The fourth-order valence-electron chi connectivity index (χ4n) is 2.83. The molecule has 29 heavy (non-hydrogen) atoms. The zero-order valence-electron chi connectivity index (χ0n) is 16.1. The molecule has 8 nitrogen and oxygen atoms in total. The minimum Gasteiger partial charge on any atom is -0.491 e. The summed E-state index contributed by atoms with van der Waals surface area (Å²) in [4.78, 5) is 35.3. The first-order valence-electron chi connectivity index (χ1n) is 9.34. The summed E-state index contributed by atoms with van der Waals surface area (Å²) in [6.45, 7) is 2.67. The lowest BCUT2D eigenvalue weighted by Crippen LogP contribution is -2.41. The Kier molecular flexibility index (Phi) is 6.80. The number of hydrazine groups is 1. The van der Waals surface area contributed by atoms with Crippen molar-refractivity contribution in [2.24, 2.45) is 0 Å². The van der Waals surface area contributed by atoms with Gasteiger partial charge in [0.25, 0.3) is 11.8 Å². The molecule has 1 atom stereocenters. The normalized spacial score (nSPS) is 15.4. The molecule has 0 radical (unpaired) electrons. The summed E-state index contributed by atoms with van der Waals surface area (Å²) < 4.78 is 11.2. The monoisotopic (exact) mass is 397 g/mol. The summed E-state index contributed by atoms with van der Waals surface area (Å²) in [6.07, 6.45) is 2.18. The average Bonchev–Trinajstić information content (AvgIpc) is 3.24. The SMILES string of the molecule is CC(=O)Nc1ccc(C(=O)NNC(=O)c2ccc(OCC3CCCO3)cc2)cc1. The number of ether oxygens (including phenoxy) is 2. The number of hydrogen-bond donors (Lipinski definition) is 3. The molecule has 1 heterocycles. The molecule has 0 spiro atoms. The highest BCUT2D eigenvalue weighted by molar-refractivity contribution is 5.99. The van der Waals surface area contributed by atoms with Crippen LogP contribution < -0.4 is 20.9 Å². The molecule has 1 aliphatic rings. The van der Waals surface area contributed by atoms with Gasteiger partial charge in [-0.25, -0.2) is 0 Å². The van der Waals surface area contributed by atoms with Crippen LogP contribution >= 0.6 is 0 Å². The Hall–Kier alpha value is -3.39. The Balaban J connectivity index is 1.46. The maximum absolute atomic E-state index is 12.2. The number of carbonyl (C=O) groups excluding carboxylic acids is 3. The van der Waals surface area contributed by atoms with Crippen molar-refractivity contribution < 1.29 is 23.9 Å². The van der Waals surface area contributed by atoms with Crippen molar-refractivity contribution in [1.82, 2.24) is 10.9 Å². The van der Waals surface area contributed by atoms with Crippen LogP contribution in [0.4, 0.5) is 5.69 Å². The first-order chi connectivity index (χ1) is 14.0. The Bertz CT molecular complexity index is 859. The number of carbonyl (C=O) groups is 3. The molecule has 0 bridgehead atoms. The highest BCUT2D eigenvalue weighted by Gasteiger charge is 2.16. The number of amides is 3. The third-order valence-electron chi connectivity index (χ3n) is 4.33. The van der Waals surface area contributed by atoms with Crippen LogP contribution in [0, 0.1) is 0 Å². The maximum atomic E-state index is 12.2. The molecule has 0 aromatic heterocycles. The second-order valence-electron chi connectivity index (χ2n) is 6.64. The minimum absolute atomic E-state index is 0.125. The van der Waals surface area contributed by atoms with Gasteiger partial charge >= 0.3 is 0 Å². The van der Waals surface area contributed by atoms with Crippen molar-refractivity contribution in [3.05, 3.63) is 59.7 Å². The molecule has 8 heteroatoms. The van der Waals surface area contributed by atoms with Gasteiger partial charge in [-0.1, -0.05) is 0 Å². The van der Waals surface area contributed by atoms with Crippen LogP contribution in [0.25, 0.3) is 0 Å². The van der Waals surface area contributed by atoms with Crippen LogP contribution in [0.1, 0.15) is 40.5 Å². The van der Waals surface area contributed by atoms with Crippen LogP contribution in [0.5, 0.6) is 5.75 Å². The number of hydrogen-bond acceptors (Lipinski definition) is 5. The molecule has 3 rings (SSSR count). The fraction of sp³-hybridized carbons (Fsp3) is 0.286. The van der Waals surface area contributed by atoms with Gasteiger partial charge in [-0.3, -0.25) is 25.2 Å². The first-order valence-corrected chi connectivity index (χ1v) is 9.34. The molecule has 0 aliphatic carbocycles. The van der Waals surface area contributed by atoms with E-state index in [0.717, 1.165) is 19.4 Å². The van der Waals surface area contributed by atoms with Gasteiger partial charge in [0.2, 0.25) is 5.91 Å². The number of benzene rings is 2. The molecule has 1 saturated heterocycles. The van der Waals surface area contributed by atoms with Crippen molar-refractivity contribution in [1.29, 1.82) is 0 Å². The second-order valence-corrected chi connectivity index (χ2v) is 6.64. The van der Waals surface area contributed by atoms with Gasteiger partial charge in [-0.2, -0.15) is 0 Å². The number of nitrogens with one attached hydrogen (secondary N) is 3. The molecular formula is C21H23N3O5. The van der Waals surface area contributed by atoms with Gasteiger partial charge in [-0.15, -0.1) is 0 Å². The molecule has 1 unspecified atom stereocenters. The van der Waals surface area contributed by atoms with Crippen molar-refractivity contribution in [2.45, 2.75) is 25.9 Å². The quantitative estimate of drug-likeness (QED) is 0.649. The number of anilines is 1. The van der Waals surface area contributed by atoms with E-state index in [1.54, 1.807) is 48.5 Å². The molecule has 152 valence electrons. The third kappa shape index (κ3) is 6.05. The standard InChI is InChI=1S/C21H23N3O5/c1-14(25)22-17-8-4-15(5-9-17)20(26)23-24-21(27)16-6-10-18(11-7-16)29-13-19-3-2-12-28-19/h4-11,19H,2-3,12-13H2,1H3,(H,22,25)(H,23,26)(H,24,27). The van der Waals surface area contributed by atoms with Gasteiger partial charge in [0, 0.05) is 30.3 Å². The molecule has 3 N–H and O–H groups in total. The fourth-order valence-corrected chi connectivity index (χ4v) is 2.83. The highest BCUT2D eigenvalue weighted by atomic mass is 16.5. The van der Waals surface area contributed by atoms with Crippen molar-refractivity contribution >= 4 is 23.4 Å². The van der Waals surface area contributed by atoms with Crippen LogP contribution in [0.2, 0.25) is 0 Å². The van der Waals surface area contributed by atoms with E-state index in [9.17, 15) is 14.4 Å². The van der Waals surface area contributed by atoms with E-state index in [1.165, 1.54) is 6.92 Å². The Labute approximate surface area is 168 Å². The van der Waals surface area contributed by atoms with Crippen LogP contribution in [0.3, 0.4) is 0 Å². The van der Waals surface area contributed by atoms with Gasteiger partial charge in [0.1, 0.15) is 12.4 Å². The van der Waals surface area contributed by atoms with Crippen LogP contribution in [-0.4, -0.2) is 37.0 Å². The summed E-state index contributed by atoms with van der Waals surface area (Å²) in [5.41, 5.74) is 6.04. The van der Waals surface area contributed by atoms with Gasteiger partial charge in [-0.05, 0) is 61.4 Å². The number of rotatable bonds is 6. The topological polar surface area (TPSA) is 106 Å². The molecule has 2 aromatic rings. The van der Waals surface area contributed by atoms with Crippen LogP contribution in [-0.2, 0) is 9.53 Å². The average molecular weight is 397 g/mol. The lowest BCUT2D eigenvalue weighted by atomic mass is 10.2. The Morgan fingerprint density at radius 3 is 2.07 bits per heavy atom. The smallest absolute Gasteiger partial charge is 0.269 e. The molecule has 3 amide bonds. The molecule has 0 saturated carbocycles. The van der Waals surface area contributed by atoms with Crippen molar-refractivity contribution in [3.63, 3.8) is 0 Å². The molecule has 1 aliphatic heterocycles. The first kappa shape index (κ1) is 20.3. The summed E-state index contributed by atoms with van der Waals surface area (Å²) in [6, 6.07) is 12.9. The zero-order chi connectivity index (χ0) is 20.6. The van der Waals surface area contributed by atoms with E-state index in [1.807, 2.05) is 0 Å². The van der Waals surface area contributed by atoms with E-state index in [4.69, 9.17) is 9.47 Å². The third-order valence-corrected chi connectivity index (χ3v) is 4.33. The van der Waals surface area contributed by atoms with E-state index in [0.29, 0.717) is 29.2 Å². The minimum atomic E-state index is -0.468. The maximum Gasteiger partial charge on any atom is 0.269 e. The Morgan fingerprint density at radius 1 is 0.966 bits per heavy atom. The largest absolute Gasteiger partial charge is 0.491 e. The molecular weight excluding hydrogens is 374 g/mol. The summed E-state index contributed by atoms with van der Waals surface area (Å²) >= 11 is 0.